The molecule has 0 bridgehead atoms. The summed E-state index contributed by atoms with van der Waals surface area (Å²) in [5.41, 5.74) is 0.923. The minimum Gasteiger partial charge on any atom is -0.497 e. The first kappa shape index (κ1) is 25.0. The van der Waals surface area contributed by atoms with Gasteiger partial charge in [-0.1, -0.05) is 6.07 Å². The van der Waals surface area contributed by atoms with E-state index in [9.17, 15) is 18.8 Å². The van der Waals surface area contributed by atoms with Crippen LogP contribution in [0.15, 0.2) is 66.7 Å². The number of ether oxygens (including phenoxy) is 4. The maximum Gasteiger partial charge on any atom is 0.338 e. The Bertz CT molecular complexity index is 1200. The Kier molecular flexibility index (Phi) is 8.60. The van der Waals surface area contributed by atoms with Crippen molar-refractivity contribution in [2.45, 2.75) is 0 Å². The van der Waals surface area contributed by atoms with Gasteiger partial charge in [-0.25, -0.2) is 9.18 Å². The molecular weight excluding hydrogens is 459 g/mol. The lowest BCUT2D eigenvalue weighted by molar-refractivity contribution is -0.119. The van der Waals surface area contributed by atoms with E-state index in [0.29, 0.717) is 11.4 Å². The van der Waals surface area contributed by atoms with Crippen LogP contribution >= 0.6 is 0 Å². The number of benzene rings is 3. The predicted molar refractivity (Wildman–Crippen MR) is 125 cm³/mol. The Hall–Kier alpha value is -4.60. The third-order valence-electron chi connectivity index (χ3n) is 4.57. The van der Waals surface area contributed by atoms with Crippen LogP contribution in [-0.4, -0.2) is 45.2 Å². The third-order valence-corrected chi connectivity index (χ3v) is 4.57. The lowest BCUT2D eigenvalue weighted by atomic mass is 10.2. The van der Waals surface area contributed by atoms with Gasteiger partial charge in [-0.3, -0.25) is 9.59 Å². The van der Waals surface area contributed by atoms with Gasteiger partial charge in [0.25, 0.3) is 11.8 Å². The quantitative estimate of drug-likeness (QED) is 0.424. The summed E-state index contributed by atoms with van der Waals surface area (Å²) in [5.74, 6) is -1.22. The Labute approximate surface area is 200 Å². The zero-order valence-corrected chi connectivity index (χ0v) is 19.0. The highest BCUT2D eigenvalue weighted by Gasteiger charge is 2.15. The number of rotatable bonds is 10. The van der Waals surface area contributed by atoms with Crippen LogP contribution in [0, 0.1) is 5.82 Å². The van der Waals surface area contributed by atoms with Gasteiger partial charge >= 0.3 is 5.97 Å². The number of hydrogen-bond donors (Lipinski definition) is 2. The van der Waals surface area contributed by atoms with Crippen LogP contribution < -0.4 is 24.8 Å². The van der Waals surface area contributed by atoms with Gasteiger partial charge in [-0.2, -0.15) is 0 Å². The normalized spacial score (nSPS) is 10.1. The summed E-state index contributed by atoms with van der Waals surface area (Å²) in [6.45, 7) is -0.867. The molecule has 3 rings (SSSR count). The van der Waals surface area contributed by atoms with Gasteiger partial charge in [0.15, 0.2) is 24.7 Å². The van der Waals surface area contributed by atoms with Crippen LogP contribution in [0.4, 0.5) is 15.8 Å². The summed E-state index contributed by atoms with van der Waals surface area (Å²) in [6, 6.07) is 16.3. The average Bonchev–Trinajstić information content (AvgIpc) is 2.86. The van der Waals surface area contributed by atoms with Crippen LogP contribution in [0.2, 0.25) is 0 Å². The molecule has 0 aliphatic carbocycles. The van der Waals surface area contributed by atoms with Crippen LogP contribution in [0.1, 0.15) is 10.4 Å². The number of amides is 2. The molecule has 0 saturated carbocycles. The van der Waals surface area contributed by atoms with E-state index in [-0.39, 0.29) is 29.4 Å². The van der Waals surface area contributed by atoms with Gasteiger partial charge in [-0.05, 0) is 60.7 Å². The zero-order chi connectivity index (χ0) is 25.2. The van der Waals surface area contributed by atoms with Crippen molar-refractivity contribution in [2.75, 3.05) is 38.1 Å². The van der Waals surface area contributed by atoms with Gasteiger partial charge in [0.2, 0.25) is 0 Å². The zero-order valence-electron chi connectivity index (χ0n) is 19.0. The Morgan fingerprint density at radius 1 is 0.771 bits per heavy atom. The fraction of sp³-hybridized carbons (Fsp3) is 0.160. The van der Waals surface area contributed by atoms with E-state index in [1.807, 2.05) is 0 Å². The van der Waals surface area contributed by atoms with E-state index < -0.39 is 30.2 Å². The molecule has 0 atom stereocenters. The van der Waals surface area contributed by atoms with Gasteiger partial charge < -0.3 is 29.6 Å². The lowest BCUT2D eigenvalue weighted by Crippen LogP contribution is -2.21. The fourth-order valence-corrected chi connectivity index (χ4v) is 2.91. The maximum atomic E-state index is 13.2. The van der Waals surface area contributed by atoms with Crippen molar-refractivity contribution in [3.8, 4) is 17.2 Å². The molecule has 2 N–H and O–H groups in total. The maximum absolute atomic E-state index is 13.2. The molecule has 0 saturated heterocycles. The Morgan fingerprint density at radius 3 is 2.17 bits per heavy atom. The monoisotopic (exact) mass is 482 g/mol. The van der Waals surface area contributed by atoms with Crippen LogP contribution in [0.25, 0.3) is 0 Å². The third kappa shape index (κ3) is 7.46. The first-order valence-corrected chi connectivity index (χ1v) is 10.3. The molecule has 9 nitrogen and oxygen atoms in total. The van der Waals surface area contributed by atoms with Crippen molar-refractivity contribution < 1.29 is 37.7 Å². The van der Waals surface area contributed by atoms with E-state index >= 15 is 0 Å². The summed E-state index contributed by atoms with van der Waals surface area (Å²) < 4.78 is 34.0. The van der Waals surface area contributed by atoms with Gasteiger partial charge in [0, 0.05) is 11.4 Å². The molecule has 182 valence electrons. The molecule has 0 radical (unpaired) electrons. The van der Waals surface area contributed by atoms with E-state index in [2.05, 4.69) is 10.6 Å². The van der Waals surface area contributed by atoms with Gasteiger partial charge in [0.05, 0.1) is 19.8 Å². The Morgan fingerprint density at radius 2 is 1.49 bits per heavy atom. The summed E-state index contributed by atoms with van der Waals surface area (Å²) in [4.78, 5) is 36.4. The predicted octanol–water partition coefficient (Wildman–Crippen LogP) is 3.66. The molecule has 10 heteroatoms. The standard InChI is InChI=1S/C25H23FN2O7/c1-32-20-9-7-18(8-10-20)27-23(29)14-34-21-11-6-16(12-22(21)33-2)25(31)35-15-24(30)28-19-5-3-4-17(26)13-19/h3-13H,14-15H2,1-2H3,(H,27,29)(H,28,30). The lowest BCUT2D eigenvalue weighted by Gasteiger charge is -2.12. The molecule has 2 amide bonds. The summed E-state index contributed by atoms with van der Waals surface area (Å²) in [5, 5.41) is 5.11. The van der Waals surface area contributed by atoms with Crippen LogP contribution in [0.5, 0.6) is 17.2 Å². The molecule has 0 aromatic heterocycles. The van der Waals surface area contributed by atoms with Crippen molar-refractivity contribution in [1.29, 1.82) is 0 Å². The number of esters is 1. The number of carbonyl (C=O) groups excluding carboxylic acids is 3. The van der Waals surface area contributed by atoms with Crippen molar-refractivity contribution in [2.24, 2.45) is 0 Å². The topological polar surface area (TPSA) is 112 Å². The number of methoxy groups -OCH3 is 2. The minimum atomic E-state index is -0.776. The number of nitrogens with one attached hydrogen (secondary N) is 2. The molecule has 0 heterocycles. The molecular formula is C25H23FN2O7. The van der Waals surface area contributed by atoms with E-state index in [1.165, 1.54) is 43.5 Å². The average molecular weight is 482 g/mol. The Balaban J connectivity index is 1.52. The second-order valence-corrected chi connectivity index (χ2v) is 7.07. The number of anilines is 2. The van der Waals surface area contributed by atoms with Crippen molar-refractivity contribution in [1.82, 2.24) is 0 Å². The van der Waals surface area contributed by atoms with Crippen molar-refractivity contribution in [3.63, 3.8) is 0 Å². The van der Waals surface area contributed by atoms with Crippen LogP contribution in [0.3, 0.4) is 0 Å². The van der Waals surface area contributed by atoms with E-state index in [4.69, 9.17) is 18.9 Å². The number of carbonyl (C=O) groups is 3. The molecule has 0 spiro atoms. The fourth-order valence-electron chi connectivity index (χ4n) is 2.91. The minimum absolute atomic E-state index is 0.107. The molecule has 0 aliphatic rings. The van der Waals surface area contributed by atoms with E-state index in [0.717, 1.165) is 6.07 Å². The van der Waals surface area contributed by atoms with Crippen LogP contribution in [-0.2, 0) is 14.3 Å². The highest BCUT2D eigenvalue weighted by Crippen LogP contribution is 2.28. The second kappa shape index (κ2) is 12.0. The van der Waals surface area contributed by atoms with Gasteiger partial charge in [-0.15, -0.1) is 0 Å². The van der Waals surface area contributed by atoms with E-state index in [1.54, 1.807) is 31.4 Å². The molecule has 0 aliphatic heterocycles. The smallest absolute Gasteiger partial charge is 0.338 e. The second-order valence-electron chi connectivity index (χ2n) is 7.07. The number of halogens is 1. The highest BCUT2D eigenvalue weighted by molar-refractivity contribution is 5.96. The number of hydrogen-bond acceptors (Lipinski definition) is 7. The summed E-state index contributed by atoms with van der Waals surface area (Å²) in [6.07, 6.45) is 0. The van der Waals surface area contributed by atoms with Gasteiger partial charge in [0.1, 0.15) is 11.6 Å². The summed E-state index contributed by atoms with van der Waals surface area (Å²) in [7, 11) is 2.92. The molecule has 3 aromatic rings. The molecule has 0 unspecified atom stereocenters. The molecule has 3 aromatic carbocycles. The largest absolute Gasteiger partial charge is 0.497 e. The van der Waals surface area contributed by atoms with Crippen molar-refractivity contribution >= 4 is 29.2 Å². The summed E-state index contributed by atoms with van der Waals surface area (Å²) >= 11 is 0. The molecule has 35 heavy (non-hydrogen) atoms. The first-order chi connectivity index (χ1) is 16.9. The molecule has 0 fully saturated rings. The SMILES string of the molecule is COc1ccc(NC(=O)COc2ccc(C(=O)OCC(=O)Nc3cccc(F)c3)cc2OC)cc1. The highest BCUT2D eigenvalue weighted by atomic mass is 19.1. The van der Waals surface area contributed by atoms with Crippen molar-refractivity contribution in [3.05, 3.63) is 78.1 Å². The first-order valence-electron chi connectivity index (χ1n) is 10.3.